The lowest BCUT2D eigenvalue weighted by Gasteiger charge is -2.47. The first-order valence-corrected chi connectivity index (χ1v) is 20.9. The average Bonchev–Trinajstić information content (AvgIpc) is 3.18. The quantitative estimate of drug-likeness (QED) is 0.185. The highest BCUT2D eigenvalue weighted by molar-refractivity contribution is 6.39. The summed E-state index contributed by atoms with van der Waals surface area (Å²) in [6.07, 6.45) is 4.93. The summed E-state index contributed by atoms with van der Waals surface area (Å²) in [5, 5.41) is 34.1. The summed E-state index contributed by atoms with van der Waals surface area (Å²) < 4.78 is 29.7. The molecule has 2 bridgehead atoms. The van der Waals surface area contributed by atoms with Gasteiger partial charge < -0.3 is 43.9 Å². The van der Waals surface area contributed by atoms with Crippen LogP contribution >= 0.6 is 0 Å². The Morgan fingerprint density at radius 2 is 1.60 bits per heavy atom. The van der Waals surface area contributed by atoms with E-state index >= 15 is 0 Å². The lowest BCUT2D eigenvalue weighted by molar-refractivity contribution is -0.302. The number of hydrogen-bond acceptors (Lipinski definition) is 12. The van der Waals surface area contributed by atoms with Gasteiger partial charge in [0.25, 0.3) is 11.7 Å². The molecule has 3 N–H and O–H groups in total. The number of ether oxygens (including phenoxy) is 5. The van der Waals surface area contributed by atoms with Gasteiger partial charge in [-0.1, -0.05) is 44.6 Å². The summed E-state index contributed by atoms with van der Waals surface area (Å²) in [5.41, 5.74) is 1.61. The third kappa shape index (κ3) is 11.3. The zero-order valence-corrected chi connectivity index (χ0v) is 35.4. The molecular weight excluding hydrogens is 734 g/mol. The maximum absolute atomic E-state index is 14.3. The second kappa shape index (κ2) is 21.0. The van der Waals surface area contributed by atoms with Gasteiger partial charge in [0.05, 0.1) is 30.5 Å². The Hall–Kier alpha value is -2.78. The first-order chi connectivity index (χ1) is 27.0. The zero-order valence-electron chi connectivity index (χ0n) is 35.4. The molecule has 13 heteroatoms. The SMILES string of the molecule is C=CC[C@@H]1/C=C(\C)C[C@H](C)CC(OC)C2O[C@@](O)(C(=O)C(=O)N3CCCC[C@H]3C(=O)O[C@H](/C(C)=C/[C@@H]3CCC(O)[C@H](OC)C3)[C@H](C)[C@@H](O)CC1=O)[C@H](C)C[C@@H]2OC. The number of rotatable bonds is 7. The summed E-state index contributed by atoms with van der Waals surface area (Å²) in [5.74, 6) is -7.76. The van der Waals surface area contributed by atoms with Crippen LogP contribution in [0.4, 0.5) is 0 Å². The highest BCUT2D eigenvalue weighted by atomic mass is 16.7. The minimum Gasteiger partial charge on any atom is -0.456 e. The fourth-order valence-electron chi connectivity index (χ4n) is 9.42. The van der Waals surface area contributed by atoms with Crippen LogP contribution in [0.25, 0.3) is 0 Å². The molecule has 322 valence electrons. The van der Waals surface area contributed by atoms with E-state index in [1.807, 2.05) is 32.9 Å². The minimum atomic E-state index is -2.51. The van der Waals surface area contributed by atoms with Crippen LogP contribution < -0.4 is 0 Å². The predicted octanol–water partition coefficient (Wildman–Crippen LogP) is 4.64. The van der Waals surface area contributed by atoms with E-state index in [2.05, 4.69) is 6.58 Å². The number of hydrogen-bond donors (Lipinski definition) is 3. The van der Waals surface area contributed by atoms with Gasteiger partial charge in [-0.05, 0) is 95.5 Å². The van der Waals surface area contributed by atoms with Crippen molar-refractivity contribution in [1.82, 2.24) is 4.90 Å². The molecule has 1 saturated carbocycles. The van der Waals surface area contributed by atoms with Gasteiger partial charge in [0.15, 0.2) is 0 Å². The summed E-state index contributed by atoms with van der Waals surface area (Å²) in [6.45, 7) is 13.1. The fourth-order valence-corrected chi connectivity index (χ4v) is 9.42. The monoisotopic (exact) mass is 803 g/mol. The van der Waals surface area contributed by atoms with Gasteiger partial charge in [0, 0.05) is 52.0 Å². The van der Waals surface area contributed by atoms with Gasteiger partial charge >= 0.3 is 5.97 Å². The van der Waals surface area contributed by atoms with E-state index in [1.165, 1.54) is 19.1 Å². The number of methoxy groups -OCH3 is 3. The summed E-state index contributed by atoms with van der Waals surface area (Å²) in [6, 6.07) is -1.14. The third-order valence-electron chi connectivity index (χ3n) is 12.9. The molecule has 4 aliphatic rings. The molecule has 57 heavy (non-hydrogen) atoms. The highest BCUT2D eigenvalue weighted by Gasteiger charge is 2.56. The van der Waals surface area contributed by atoms with Crippen molar-refractivity contribution in [2.24, 2.45) is 29.6 Å². The minimum absolute atomic E-state index is 0.00988. The Labute approximate surface area is 339 Å². The first-order valence-electron chi connectivity index (χ1n) is 20.9. The Bertz CT molecular complexity index is 1480. The fraction of sp³-hybridized carbons (Fsp3) is 0.773. The molecule has 4 rings (SSSR count). The number of carbonyl (C=O) groups is 4. The number of carbonyl (C=O) groups excluding carboxylic acids is 4. The number of fused-ring (bicyclic) bond motifs is 3. The van der Waals surface area contributed by atoms with Crippen LogP contribution in [-0.4, -0.2) is 126 Å². The smallest absolute Gasteiger partial charge is 0.329 e. The van der Waals surface area contributed by atoms with Gasteiger partial charge in [0.2, 0.25) is 5.79 Å². The average molecular weight is 804 g/mol. The molecule has 3 aliphatic heterocycles. The number of ketones is 2. The number of Topliss-reactive ketones (excluding diaryl/α,β-unsaturated/α-hetero) is 2. The Kier molecular flexibility index (Phi) is 17.2. The van der Waals surface area contributed by atoms with Crippen molar-refractivity contribution in [3.05, 3.63) is 36.0 Å². The van der Waals surface area contributed by atoms with Crippen molar-refractivity contribution in [1.29, 1.82) is 0 Å². The molecule has 3 unspecified atom stereocenters. The van der Waals surface area contributed by atoms with Crippen molar-refractivity contribution in [2.45, 2.75) is 160 Å². The van der Waals surface area contributed by atoms with Gasteiger partial charge in [-0.2, -0.15) is 0 Å². The Balaban J connectivity index is 1.78. The van der Waals surface area contributed by atoms with Crippen LogP contribution in [0.3, 0.4) is 0 Å². The number of esters is 1. The van der Waals surface area contributed by atoms with Crippen LogP contribution in [0.5, 0.6) is 0 Å². The standard InChI is InChI=1S/C44H69NO12/c1-10-13-31-19-25(2)18-26(3)20-37(54-8)40-38(55-9)22-28(5)44(52,57-40)41(49)42(50)45-17-12-11-14-32(45)43(51)56-39(29(6)34(47)24-35(31)48)27(4)21-30-15-16-33(46)36(23-30)53-7/h10,19,21,26,28-34,36-40,46-47,52H,1,11-18,20,22-24H2,2-9H3/b25-19+,27-21+/t26-,28+,29+,30-,31+,32-,33?,34-,36+,37?,38-,39+,40?,44+/m0/s1. The van der Waals surface area contributed by atoms with Crippen LogP contribution in [0.1, 0.15) is 105 Å². The van der Waals surface area contributed by atoms with Crippen LogP contribution in [0.15, 0.2) is 36.0 Å². The molecule has 3 heterocycles. The van der Waals surface area contributed by atoms with Crippen LogP contribution in [0, 0.1) is 29.6 Å². The van der Waals surface area contributed by atoms with Crippen molar-refractivity contribution in [3.8, 4) is 0 Å². The van der Waals surface area contributed by atoms with Crippen molar-refractivity contribution in [3.63, 3.8) is 0 Å². The topological polar surface area (TPSA) is 178 Å². The van der Waals surface area contributed by atoms with Crippen molar-refractivity contribution < 1.29 is 58.2 Å². The van der Waals surface area contributed by atoms with Crippen LogP contribution in [-0.2, 0) is 42.9 Å². The van der Waals surface area contributed by atoms with E-state index in [-0.39, 0.29) is 49.5 Å². The van der Waals surface area contributed by atoms with E-state index in [0.717, 1.165) is 5.57 Å². The zero-order chi connectivity index (χ0) is 42.2. The third-order valence-corrected chi connectivity index (χ3v) is 12.9. The molecule has 0 aromatic heterocycles. The molecule has 0 aromatic rings. The lowest BCUT2D eigenvalue weighted by Crippen LogP contribution is -2.64. The number of piperidine rings is 1. The van der Waals surface area contributed by atoms with E-state index in [4.69, 9.17) is 23.7 Å². The number of aliphatic hydroxyl groups excluding tert-OH is 2. The highest BCUT2D eigenvalue weighted by Crippen LogP contribution is 2.39. The number of allylic oxidation sites excluding steroid dienone is 4. The maximum Gasteiger partial charge on any atom is 0.329 e. The second-order valence-corrected chi connectivity index (χ2v) is 17.3. The van der Waals surface area contributed by atoms with E-state index in [9.17, 15) is 34.5 Å². The van der Waals surface area contributed by atoms with Gasteiger partial charge in [-0.3, -0.25) is 14.4 Å². The van der Waals surface area contributed by atoms with Crippen molar-refractivity contribution >= 4 is 23.4 Å². The number of cyclic esters (lactones) is 1. The molecule has 0 spiro atoms. The Morgan fingerprint density at radius 3 is 2.25 bits per heavy atom. The second-order valence-electron chi connectivity index (χ2n) is 17.3. The van der Waals surface area contributed by atoms with Gasteiger partial charge in [-0.25, -0.2) is 4.79 Å². The van der Waals surface area contributed by atoms with Crippen LogP contribution in [0.2, 0.25) is 0 Å². The number of nitrogens with zero attached hydrogens (tertiary/aromatic N) is 1. The maximum atomic E-state index is 14.3. The Morgan fingerprint density at radius 1 is 0.930 bits per heavy atom. The molecule has 0 radical (unpaired) electrons. The summed E-state index contributed by atoms with van der Waals surface area (Å²) >= 11 is 0. The predicted molar refractivity (Wildman–Crippen MR) is 213 cm³/mol. The number of aliphatic hydroxyl groups is 3. The molecular formula is C44H69NO12. The molecule has 14 atom stereocenters. The lowest BCUT2D eigenvalue weighted by atomic mass is 9.81. The number of amides is 1. The molecule has 2 saturated heterocycles. The molecule has 1 aliphatic carbocycles. The summed E-state index contributed by atoms with van der Waals surface area (Å²) in [7, 11) is 4.61. The molecule has 13 nitrogen and oxygen atoms in total. The van der Waals surface area contributed by atoms with Gasteiger partial charge in [0.1, 0.15) is 24.0 Å². The van der Waals surface area contributed by atoms with E-state index in [0.29, 0.717) is 56.9 Å². The van der Waals surface area contributed by atoms with Crippen molar-refractivity contribution in [2.75, 3.05) is 27.9 Å². The molecule has 3 fully saturated rings. The first kappa shape index (κ1) is 46.9. The molecule has 1 amide bonds. The summed E-state index contributed by atoms with van der Waals surface area (Å²) in [4.78, 5) is 57.8. The molecule has 0 aromatic carbocycles. The van der Waals surface area contributed by atoms with Gasteiger partial charge in [-0.15, -0.1) is 6.58 Å². The normalized spacial score (nSPS) is 41.0. The largest absolute Gasteiger partial charge is 0.456 e. The van der Waals surface area contributed by atoms with E-state index < -0.39 is 83.9 Å². The van der Waals surface area contributed by atoms with E-state index in [1.54, 1.807) is 27.0 Å².